The highest BCUT2D eigenvalue weighted by Gasteiger charge is 2.53. The van der Waals surface area contributed by atoms with Crippen molar-refractivity contribution in [1.29, 1.82) is 0 Å². The molecule has 4 fully saturated rings. The maximum atomic E-state index is 13.2. The van der Waals surface area contributed by atoms with Crippen molar-refractivity contribution in [2.24, 2.45) is 23.2 Å². The predicted molar refractivity (Wildman–Crippen MR) is 159 cm³/mol. The molecule has 4 aliphatic rings. The van der Waals surface area contributed by atoms with Crippen LogP contribution in [0.15, 0.2) is 65.8 Å². The van der Waals surface area contributed by atoms with Gasteiger partial charge in [-0.1, -0.05) is 68.5 Å². The fourth-order valence-electron chi connectivity index (χ4n) is 8.79. The van der Waals surface area contributed by atoms with Crippen LogP contribution in [0.4, 0.5) is 0 Å². The number of rotatable bonds is 7. The summed E-state index contributed by atoms with van der Waals surface area (Å²) in [6.45, 7) is 11.3. The zero-order chi connectivity index (χ0) is 28.7. The average Bonchev–Trinajstić information content (AvgIpc) is 3.37. The molecule has 218 valence electrons. The van der Waals surface area contributed by atoms with Gasteiger partial charge >= 0.3 is 0 Å². The monoisotopic (exact) mass is 547 g/mol. The van der Waals surface area contributed by atoms with Crippen molar-refractivity contribution in [2.45, 2.75) is 109 Å². The first kappa shape index (κ1) is 29.3. The molecule has 8 atom stereocenters. The quantitative estimate of drug-likeness (QED) is 0.406. The maximum absolute atomic E-state index is 13.2. The minimum absolute atomic E-state index is 0.0716. The van der Waals surface area contributed by atoms with Gasteiger partial charge < -0.3 is 20.2 Å². The van der Waals surface area contributed by atoms with Crippen molar-refractivity contribution in [3.05, 3.63) is 71.3 Å². The molecule has 0 bridgehead atoms. The number of amides is 1. The van der Waals surface area contributed by atoms with Crippen molar-refractivity contribution in [2.75, 3.05) is 6.54 Å². The Balaban J connectivity index is 1.28. The van der Waals surface area contributed by atoms with Crippen LogP contribution in [0.25, 0.3) is 0 Å². The zero-order valence-corrected chi connectivity index (χ0v) is 24.7. The van der Waals surface area contributed by atoms with E-state index in [0.29, 0.717) is 43.6 Å². The molecule has 5 rings (SSSR count). The second kappa shape index (κ2) is 11.6. The Morgan fingerprint density at radius 2 is 1.90 bits per heavy atom. The minimum Gasteiger partial charge on any atom is -0.393 e. The molecule has 5 nitrogen and oxygen atoms in total. The van der Waals surface area contributed by atoms with E-state index >= 15 is 0 Å². The maximum Gasteiger partial charge on any atom is 0.254 e. The van der Waals surface area contributed by atoms with Crippen LogP contribution in [0.1, 0.15) is 84.1 Å². The average molecular weight is 548 g/mol. The van der Waals surface area contributed by atoms with Crippen LogP contribution < -0.4 is 0 Å². The van der Waals surface area contributed by atoms with Crippen LogP contribution in [0.5, 0.6) is 0 Å². The normalized spacial score (nSPS) is 39.2. The number of allylic oxidation sites excluding steroid dienone is 3. The molecule has 1 aromatic carbocycles. The van der Waals surface area contributed by atoms with Gasteiger partial charge in [-0.2, -0.15) is 0 Å². The zero-order valence-electron chi connectivity index (χ0n) is 24.7. The molecule has 1 amide bonds. The van der Waals surface area contributed by atoms with Crippen LogP contribution in [0.2, 0.25) is 0 Å². The Morgan fingerprint density at radius 1 is 1.15 bits per heavy atom. The Kier molecular flexibility index (Phi) is 8.48. The van der Waals surface area contributed by atoms with Gasteiger partial charge in [0.25, 0.3) is 5.91 Å². The molecule has 1 saturated heterocycles. The van der Waals surface area contributed by atoms with E-state index in [9.17, 15) is 20.1 Å². The summed E-state index contributed by atoms with van der Waals surface area (Å²) < 4.78 is 0. The van der Waals surface area contributed by atoms with Crippen LogP contribution >= 0.6 is 0 Å². The van der Waals surface area contributed by atoms with Crippen molar-refractivity contribution < 1.29 is 20.1 Å². The van der Waals surface area contributed by atoms with Crippen LogP contribution in [-0.4, -0.2) is 56.5 Å². The minimum atomic E-state index is -1.28. The largest absolute Gasteiger partial charge is 0.393 e. The number of benzene rings is 1. The van der Waals surface area contributed by atoms with Crippen LogP contribution in [0.3, 0.4) is 0 Å². The molecule has 0 spiro atoms. The van der Waals surface area contributed by atoms with E-state index in [1.165, 1.54) is 36.8 Å². The highest BCUT2D eigenvalue weighted by Crippen LogP contribution is 2.60. The molecule has 5 heteroatoms. The molecule has 0 radical (unpaired) electrons. The van der Waals surface area contributed by atoms with Crippen molar-refractivity contribution in [3.63, 3.8) is 0 Å². The summed E-state index contributed by atoms with van der Waals surface area (Å²) in [5.41, 5.74) is 3.39. The lowest BCUT2D eigenvalue weighted by molar-refractivity contribution is -0.142. The fraction of sp³-hybridized carbons (Fsp3) is 0.629. The van der Waals surface area contributed by atoms with Crippen LogP contribution in [-0.2, 0) is 11.2 Å². The smallest absolute Gasteiger partial charge is 0.254 e. The topological polar surface area (TPSA) is 81.0 Å². The molecule has 0 unspecified atom stereocenters. The molecule has 1 aromatic rings. The van der Waals surface area contributed by atoms with E-state index in [4.69, 9.17) is 0 Å². The van der Waals surface area contributed by atoms with Gasteiger partial charge in [-0.3, -0.25) is 4.79 Å². The van der Waals surface area contributed by atoms with E-state index in [2.05, 4.69) is 44.7 Å². The molecule has 1 heterocycles. The fourth-order valence-corrected chi connectivity index (χ4v) is 8.79. The number of nitrogens with zero attached hydrogens (tertiary/aromatic N) is 1. The lowest BCUT2D eigenvalue weighted by atomic mass is 9.60. The number of hydrogen-bond acceptors (Lipinski definition) is 4. The molecule has 3 N–H and O–H groups in total. The lowest BCUT2D eigenvalue weighted by Gasteiger charge is -2.45. The summed E-state index contributed by atoms with van der Waals surface area (Å²) in [7, 11) is 0. The number of fused-ring (bicyclic) bond motifs is 1. The van der Waals surface area contributed by atoms with Crippen molar-refractivity contribution in [1.82, 2.24) is 4.90 Å². The number of likely N-dealkylation sites (tertiary alicyclic amines) is 1. The predicted octanol–water partition coefficient (Wildman–Crippen LogP) is 5.75. The Labute approximate surface area is 240 Å². The van der Waals surface area contributed by atoms with E-state index in [1.807, 2.05) is 23.1 Å². The third-order valence-corrected chi connectivity index (χ3v) is 10.9. The number of aliphatic hydroxyl groups excluding tert-OH is 2. The van der Waals surface area contributed by atoms with Crippen molar-refractivity contribution in [3.8, 4) is 0 Å². The first-order valence-electron chi connectivity index (χ1n) is 15.5. The summed E-state index contributed by atoms with van der Waals surface area (Å²) in [6.07, 6.45) is 12.3. The van der Waals surface area contributed by atoms with Gasteiger partial charge in [0, 0.05) is 25.4 Å². The van der Waals surface area contributed by atoms with Crippen LogP contribution in [0, 0.1) is 23.2 Å². The number of aliphatic hydroxyl groups is 3. The van der Waals surface area contributed by atoms with Gasteiger partial charge in [0.2, 0.25) is 0 Å². The molecule has 0 aromatic heterocycles. The first-order chi connectivity index (χ1) is 19.0. The molecule has 3 saturated carbocycles. The second-order valence-electron chi connectivity index (χ2n) is 13.7. The highest BCUT2D eigenvalue weighted by atomic mass is 16.3. The summed E-state index contributed by atoms with van der Waals surface area (Å²) >= 11 is 0. The van der Waals surface area contributed by atoms with Gasteiger partial charge in [-0.25, -0.2) is 0 Å². The number of carbonyl (C=O) groups is 1. The Bertz CT molecular complexity index is 1150. The van der Waals surface area contributed by atoms with E-state index < -0.39 is 17.8 Å². The third kappa shape index (κ3) is 5.75. The Hall–Kier alpha value is -2.21. The molecular weight excluding hydrogens is 498 g/mol. The lowest BCUT2D eigenvalue weighted by Crippen LogP contribution is -2.41. The number of hydrogen-bond donors (Lipinski definition) is 3. The summed E-state index contributed by atoms with van der Waals surface area (Å²) in [4.78, 5) is 15.2. The van der Waals surface area contributed by atoms with Gasteiger partial charge in [0.15, 0.2) is 0 Å². The standard InChI is InChI=1S/C35H49NO4/c1-23(19-28-22-35(4,40)33(39)36(28)18-16-25-9-6-5-7-10-25)30-14-15-31-26(11-8-17-34(30,31)3)12-13-27-20-29(37)21-32(38)24(27)2/h5-7,9-10,12-13,23,28-32,37-38,40H,2,8,11,14-22H2,1,3-4H3/b26-12+,27-13-/t23-,28+,29-,30-,31+,32+,34-,35+/m1/s1. The summed E-state index contributed by atoms with van der Waals surface area (Å²) in [6, 6.07) is 10.4. The molecule has 40 heavy (non-hydrogen) atoms. The number of carbonyl (C=O) groups excluding carboxylic acids is 1. The van der Waals surface area contributed by atoms with Gasteiger partial charge in [0.05, 0.1) is 12.2 Å². The molecule has 1 aliphatic heterocycles. The van der Waals surface area contributed by atoms with E-state index in [0.717, 1.165) is 30.4 Å². The Morgan fingerprint density at radius 3 is 2.65 bits per heavy atom. The van der Waals surface area contributed by atoms with E-state index in [-0.39, 0.29) is 17.4 Å². The molecule has 3 aliphatic carbocycles. The molecular formula is C35H49NO4. The van der Waals surface area contributed by atoms with Crippen molar-refractivity contribution >= 4 is 5.91 Å². The van der Waals surface area contributed by atoms with Gasteiger partial charge in [0.1, 0.15) is 5.60 Å². The summed E-state index contributed by atoms with van der Waals surface area (Å²) in [5.74, 6) is 1.46. The highest BCUT2D eigenvalue weighted by molar-refractivity contribution is 5.87. The van der Waals surface area contributed by atoms with Gasteiger partial charge in [-0.15, -0.1) is 0 Å². The second-order valence-corrected chi connectivity index (χ2v) is 13.7. The third-order valence-electron chi connectivity index (χ3n) is 10.9. The van der Waals surface area contributed by atoms with Gasteiger partial charge in [-0.05, 0) is 98.2 Å². The first-order valence-corrected chi connectivity index (χ1v) is 15.5. The SMILES string of the molecule is C=C1/C(=C\C=C2/CCC[C@]3(C)[C@@H]([C@H](C)C[C@H]4C[C@](C)(O)C(=O)N4CCc4ccccc4)CC[C@@H]23)C[C@@H](O)C[C@@H]1O. The summed E-state index contributed by atoms with van der Waals surface area (Å²) in [5, 5.41) is 31.4. The van der Waals surface area contributed by atoms with E-state index in [1.54, 1.807) is 6.92 Å².